The van der Waals surface area contributed by atoms with Gasteiger partial charge in [0.1, 0.15) is 5.75 Å². The molecule has 0 saturated heterocycles. The number of hydrogen-bond donors (Lipinski definition) is 2. The van der Waals surface area contributed by atoms with Crippen molar-refractivity contribution in [1.82, 2.24) is 9.97 Å². The summed E-state index contributed by atoms with van der Waals surface area (Å²) in [4.78, 5) is 21.3. The van der Waals surface area contributed by atoms with Gasteiger partial charge in [0, 0.05) is 43.1 Å². The Morgan fingerprint density at radius 1 is 1.00 bits per heavy atom. The monoisotopic (exact) mass is 391 g/mol. The number of aromatic amines is 1. The van der Waals surface area contributed by atoms with Gasteiger partial charge in [0.2, 0.25) is 0 Å². The zero-order valence-electron chi connectivity index (χ0n) is 15.4. The van der Waals surface area contributed by atoms with Crippen molar-refractivity contribution in [1.29, 1.82) is 0 Å². The average Bonchev–Trinajstić information content (AvgIpc) is 2.68. The minimum Gasteiger partial charge on any atom is -0.506 e. The molecule has 0 saturated carbocycles. The summed E-state index contributed by atoms with van der Waals surface area (Å²) in [6.07, 6.45) is 3.16. The van der Waals surface area contributed by atoms with E-state index in [1.54, 1.807) is 36.7 Å². The number of pyridine rings is 2. The maximum atomic E-state index is 12.5. The first-order valence-corrected chi connectivity index (χ1v) is 9.10. The summed E-state index contributed by atoms with van der Waals surface area (Å²) in [6.45, 7) is 0. The Balaban J connectivity index is 1.93. The second-order valence-corrected chi connectivity index (χ2v) is 7.14. The van der Waals surface area contributed by atoms with Crippen molar-refractivity contribution < 1.29 is 5.11 Å². The summed E-state index contributed by atoms with van der Waals surface area (Å²) in [6, 6.07) is 14.8. The Bertz CT molecular complexity index is 1220. The molecule has 0 aliphatic heterocycles. The van der Waals surface area contributed by atoms with E-state index in [0.29, 0.717) is 21.5 Å². The van der Waals surface area contributed by atoms with E-state index < -0.39 is 0 Å². The highest BCUT2D eigenvalue weighted by molar-refractivity contribution is 6.34. The van der Waals surface area contributed by atoms with Crippen molar-refractivity contribution in [3.05, 3.63) is 76.3 Å². The maximum absolute atomic E-state index is 12.5. The third-order valence-corrected chi connectivity index (χ3v) is 5.05. The van der Waals surface area contributed by atoms with Crippen molar-refractivity contribution in [2.45, 2.75) is 0 Å². The SMILES string of the molecule is CN(C)c1ccc(-c2cc3c(O)c(-c4ccncc4)c(=O)[nH]c3cc2Cl)cc1. The number of nitrogens with one attached hydrogen (secondary N) is 1. The number of nitrogens with zero attached hydrogens (tertiary/aromatic N) is 2. The maximum Gasteiger partial charge on any atom is 0.260 e. The van der Waals surface area contributed by atoms with E-state index in [-0.39, 0.29) is 16.9 Å². The molecule has 0 radical (unpaired) electrons. The summed E-state index contributed by atoms with van der Waals surface area (Å²) in [5.41, 5.74) is 3.70. The zero-order valence-corrected chi connectivity index (χ0v) is 16.2. The fourth-order valence-electron chi connectivity index (χ4n) is 3.25. The van der Waals surface area contributed by atoms with Crippen LogP contribution in [-0.4, -0.2) is 29.2 Å². The lowest BCUT2D eigenvalue weighted by Gasteiger charge is -2.14. The molecular weight excluding hydrogens is 374 g/mol. The number of aromatic nitrogens is 2. The topological polar surface area (TPSA) is 69.2 Å². The highest BCUT2D eigenvalue weighted by atomic mass is 35.5. The molecule has 2 N–H and O–H groups in total. The first-order chi connectivity index (χ1) is 13.5. The molecule has 6 heteroatoms. The third kappa shape index (κ3) is 3.10. The molecule has 4 aromatic rings. The zero-order chi connectivity index (χ0) is 19.8. The molecule has 0 aliphatic rings. The molecule has 0 unspecified atom stereocenters. The molecule has 0 spiro atoms. The Morgan fingerprint density at radius 3 is 2.32 bits per heavy atom. The van der Waals surface area contributed by atoms with Gasteiger partial charge in [-0.05, 0) is 47.5 Å². The van der Waals surface area contributed by atoms with E-state index in [1.165, 1.54) is 0 Å². The molecule has 0 aliphatic carbocycles. The number of anilines is 1. The van der Waals surface area contributed by atoms with Gasteiger partial charge in [-0.15, -0.1) is 0 Å². The fourth-order valence-corrected chi connectivity index (χ4v) is 3.52. The predicted molar refractivity (Wildman–Crippen MR) is 114 cm³/mol. The smallest absolute Gasteiger partial charge is 0.260 e. The first kappa shape index (κ1) is 18.1. The highest BCUT2D eigenvalue weighted by Gasteiger charge is 2.16. The van der Waals surface area contributed by atoms with Crippen LogP contribution in [0.25, 0.3) is 33.2 Å². The van der Waals surface area contributed by atoms with Crippen molar-refractivity contribution in [2.75, 3.05) is 19.0 Å². The Hall–Kier alpha value is -3.31. The highest BCUT2D eigenvalue weighted by Crippen LogP contribution is 2.38. The van der Waals surface area contributed by atoms with Gasteiger partial charge in [-0.1, -0.05) is 23.7 Å². The van der Waals surface area contributed by atoms with Crippen LogP contribution in [0.15, 0.2) is 65.7 Å². The summed E-state index contributed by atoms with van der Waals surface area (Å²) >= 11 is 6.48. The number of aromatic hydroxyl groups is 1. The van der Waals surface area contributed by atoms with Gasteiger partial charge in [-0.2, -0.15) is 0 Å². The molecular formula is C22H18ClN3O2. The molecule has 0 amide bonds. The van der Waals surface area contributed by atoms with Crippen LogP contribution in [0.1, 0.15) is 0 Å². The standard InChI is InChI=1S/C22H18ClN3O2/c1-26(2)15-5-3-13(4-6-15)16-11-17-19(12-18(16)23)25-22(28)20(21(17)27)14-7-9-24-10-8-14/h3-12H,1-2H3,(H2,25,27,28). The van der Waals surface area contributed by atoms with E-state index in [1.807, 2.05) is 43.3 Å². The largest absolute Gasteiger partial charge is 0.506 e. The first-order valence-electron chi connectivity index (χ1n) is 8.72. The van der Waals surface area contributed by atoms with Crippen molar-refractivity contribution in [2.24, 2.45) is 0 Å². The molecule has 0 fully saturated rings. The van der Waals surface area contributed by atoms with E-state index in [4.69, 9.17) is 11.6 Å². The number of hydrogen-bond acceptors (Lipinski definition) is 4. The van der Waals surface area contributed by atoms with E-state index in [0.717, 1.165) is 16.8 Å². The minimum atomic E-state index is -0.379. The summed E-state index contributed by atoms with van der Waals surface area (Å²) in [5.74, 6) is -0.0761. The van der Waals surface area contributed by atoms with Gasteiger partial charge in [0.15, 0.2) is 0 Å². The van der Waals surface area contributed by atoms with Crippen LogP contribution in [0.2, 0.25) is 5.02 Å². The van der Waals surface area contributed by atoms with Crippen LogP contribution in [-0.2, 0) is 0 Å². The van der Waals surface area contributed by atoms with Gasteiger partial charge in [-0.25, -0.2) is 0 Å². The quantitative estimate of drug-likeness (QED) is 0.532. The average molecular weight is 392 g/mol. The molecule has 2 heterocycles. The number of halogens is 1. The second kappa shape index (κ2) is 7.02. The van der Waals surface area contributed by atoms with Crippen LogP contribution in [0.3, 0.4) is 0 Å². The molecule has 28 heavy (non-hydrogen) atoms. The third-order valence-electron chi connectivity index (χ3n) is 4.74. The van der Waals surface area contributed by atoms with E-state index in [2.05, 4.69) is 9.97 Å². The molecule has 2 aromatic carbocycles. The lowest BCUT2D eigenvalue weighted by atomic mass is 9.99. The molecule has 0 atom stereocenters. The minimum absolute atomic E-state index is 0.0761. The van der Waals surface area contributed by atoms with Gasteiger partial charge in [0.05, 0.1) is 16.1 Å². The molecule has 2 aromatic heterocycles. The van der Waals surface area contributed by atoms with Gasteiger partial charge in [-0.3, -0.25) is 9.78 Å². The van der Waals surface area contributed by atoms with Gasteiger partial charge < -0.3 is 15.0 Å². The number of benzene rings is 2. The molecule has 4 rings (SSSR count). The van der Waals surface area contributed by atoms with Crippen molar-refractivity contribution >= 4 is 28.2 Å². The van der Waals surface area contributed by atoms with Crippen LogP contribution in [0.4, 0.5) is 5.69 Å². The summed E-state index contributed by atoms with van der Waals surface area (Å²) in [7, 11) is 3.96. The summed E-state index contributed by atoms with van der Waals surface area (Å²) in [5, 5.41) is 11.9. The van der Waals surface area contributed by atoms with Crippen molar-refractivity contribution in [3.8, 4) is 28.0 Å². The van der Waals surface area contributed by atoms with Gasteiger partial charge >= 0.3 is 0 Å². The van der Waals surface area contributed by atoms with E-state index in [9.17, 15) is 9.90 Å². The van der Waals surface area contributed by atoms with Crippen LogP contribution in [0.5, 0.6) is 5.75 Å². The number of H-pyrrole nitrogens is 1. The van der Waals surface area contributed by atoms with Crippen LogP contribution < -0.4 is 10.5 Å². The van der Waals surface area contributed by atoms with Crippen LogP contribution in [0, 0.1) is 0 Å². The van der Waals surface area contributed by atoms with Crippen LogP contribution >= 0.6 is 11.6 Å². The van der Waals surface area contributed by atoms with Gasteiger partial charge in [0.25, 0.3) is 5.56 Å². The predicted octanol–water partition coefficient (Wildman–Crippen LogP) is 4.68. The number of rotatable bonds is 3. The second-order valence-electron chi connectivity index (χ2n) is 6.73. The molecule has 5 nitrogen and oxygen atoms in total. The molecule has 140 valence electrons. The normalized spacial score (nSPS) is 11.0. The fraction of sp³-hybridized carbons (Fsp3) is 0.0909. The molecule has 0 bridgehead atoms. The Morgan fingerprint density at radius 2 is 1.68 bits per heavy atom. The summed E-state index contributed by atoms with van der Waals surface area (Å²) < 4.78 is 0. The number of fused-ring (bicyclic) bond motifs is 1. The Labute approximate surface area is 166 Å². The van der Waals surface area contributed by atoms with E-state index >= 15 is 0 Å². The van der Waals surface area contributed by atoms with Crippen molar-refractivity contribution in [3.63, 3.8) is 0 Å². The lowest BCUT2D eigenvalue weighted by Crippen LogP contribution is -2.09. The lowest BCUT2D eigenvalue weighted by molar-refractivity contribution is 0.482. The Kier molecular flexibility index (Phi) is 4.53.